The second-order valence-corrected chi connectivity index (χ2v) is 5.72. The van der Waals surface area contributed by atoms with E-state index in [1.165, 1.54) is 12.8 Å². The van der Waals surface area contributed by atoms with Crippen molar-refractivity contribution in [1.29, 1.82) is 0 Å². The molecule has 2 rings (SSSR count). The molecule has 2 saturated heterocycles. The molecule has 3 heteroatoms. The molecule has 0 bridgehead atoms. The molecule has 2 aliphatic rings. The van der Waals surface area contributed by atoms with Gasteiger partial charge in [-0.05, 0) is 44.7 Å². The Kier molecular flexibility index (Phi) is 3.53. The number of piperidine rings is 1. The van der Waals surface area contributed by atoms with Gasteiger partial charge in [-0.2, -0.15) is 0 Å². The second kappa shape index (κ2) is 4.74. The summed E-state index contributed by atoms with van der Waals surface area (Å²) in [5.74, 6) is 1.93. The topological polar surface area (TPSA) is 32.3 Å². The molecular weight excluding hydrogens is 200 g/mol. The van der Waals surface area contributed by atoms with Gasteiger partial charge in [0.05, 0.1) is 0 Å². The van der Waals surface area contributed by atoms with E-state index in [-0.39, 0.29) is 5.92 Å². The largest absolute Gasteiger partial charge is 0.340 e. The van der Waals surface area contributed by atoms with Crippen LogP contribution in [0.2, 0.25) is 0 Å². The van der Waals surface area contributed by atoms with Gasteiger partial charge >= 0.3 is 0 Å². The van der Waals surface area contributed by atoms with Crippen molar-refractivity contribution < 1.29 is 4.79 Å². The van der Waals surface area contributed by atoms with E-state index in [2.05, 4.69) is 31.0 Å². The van der Waals surface area contributed by atoms with Gasteiger partial charge in [0.15, 0.2) is 0 Å². The molecule has 16 heavy (non-hydrogen) atoms. The maximum absolute atomic E-state index is 12.3. The highest BCUT2D eigenvalue weighted by atomic mass is 16.2. The Morgan fingerprint density at radius 1 is 1.38 bits per heavy atom. The Hall–Kier alpha value is -0.570. The Morgan fingerprint density at radius 2 is 2.06 bits per heavy atom. The molecule has 92 valence electrons. The third kappa shape index (κ3) is 2.24. The molecule has 1 amide bonds. The molecule has 0 aromatic heterocycles. The number of carbonyl (C=O) groups is 1. The van der Waals surface area contributed by atoms with E-state index in [0.29, 0.717) is 17.9 Å². The maximum atomic E-state index is 12.3. The van der Waals surface area contributed by atoms with Gasteiger partial charge in [0.1, 0.15) is 0 Å². The van der Waals surface area contributed by atoms with Crippen molar-refractivity contribution in [3.05, 3.63) is 0 Å². The highest BCUT2D eigenvalue weighted by Gasteiger charge is 2.34. The molecule has 0 radical (unpaired) electrons. The van der Waals surface area contributed by atoms with Crippen molar-refractivity contribution >= 4 is 5.91 Å². The smallest absolute Gasteiger partial charge is 0.226 e. The number of carbonyl (C=O) groups excluding carboxylic acids is 1. The number of rotatable bonds is 2. The summed E-state index contributed by atoms with van der Waals surface area (Å²) in [5.41, 5.74) is 0. The first-order chi connectivity index (χ1) is 7.59. The third-order valence-electron chi connectivity index (χ3n) is 4.33. The number of nitrogens with zero attached hydrogens (tertiary/aromatic N) is 1. The minimum atomic E-state index is 0.206. The molecule has 3 nitrogen and oxygen atoms in total. The SMILES string of the molecule is CC1CCN(C(=O)C(C)C2CNC2)C(C)C1. The molecule has 0 aromatic carbocycles. The highest BCUT2D eigenvalue weighted by molar-refractivity contribution is 5.79. The Morgan fingerprint density at radius 3 is 2.56 bits per heavy atom. The molecule has 3 atom stereocenters. The molecular formula is C13H24N2O. The first-order valence-electron chi connectivity index (χ1n) is 6.60. The van der Waals surface area contributed by atoms with Gasteiger partial charge in [-0.15, -0.1) is 0 Å². The van der Waals surface area contributed by atoms with Crippen molar-refractivity contribution in [3.8, 4) is 0 Å². The van der Waals surface area contributed by atoms with Crippen LogP contribution >= 0.6 is 0 Å². The van der Waals surface area contributed by atoms with E-state index in [1.807, 2.05) is 0 Å². The van der Waals surface area contributed by atoms with E-state index in [4.69, 9.17) is 0 Å². The van der Waals surface area contributed by atoms with Gasteiger partial charge in [0, 0.05) is 18.5 Å². The Labute approximate surface area is 98.6 Å². The van der Waals surface area contributed by atoms with Crippen LogP contribution in [0.4, 0.5) is 0 Å². The van der Waals surface area contributed by atoms with Crippen LogP contribution in [0, 0.1) is 17.8 Å². The van der Waals surface area contributed by atoms with Crippen LogP contribution in [0.1, 0.15) is 33.6 Å². The van der Waals surface area contributed by atoms with Gasteiger partial charge in [-0.1, -0.05) is 13.8 Å². The summed E-state index contributed by atoms with van der Waals surface area (Å²) in [4.78, 5) is 14.5. The molecule has 0 aliphatic carbocycles. The van der Waals surface area contributed by atoms with Gasteiger partial charge in [0.2, 0.25) is 5.91 Å². The third-order valence-corrected chi connectivity index (χ3v) is 4.33. The predicted octanol–water partition coefficient (Wildman–Crippen LogP) is 1.49. The molecule has 0 spiro atoms. The summed E-state index contributed by atoms with van der Waals surface area (Å²) >= 11 is 0. The molecule has 3 unspecified atom stereocenters. The number of likely N-dealkylation sites (tertiary alicyclic amines) is 1. The van der Waals surface area contributed by atoms with Crippen molar-refractivity contribution in [1.82, 2.24) is 10.2 Å². The minimum absolute atomic E-state index is 0.206. The van der Waals surface area contributed by atoms with Crippen LogP contribution < -0.4 is 5.32 Å². The quantitative estimate of drug-likeness (QED) is 0.770. The van der Waals surface area contributed by atoms with Crippen LogP contribution in [-0.2, 0) is 4.79 Å². The number of nitrogens with one attached hydrogen (secondary N) is 1. The number of amides is 1. The fourth-order valence-electron chi connectivity index (χ4n) is 2.86. The lowest BCUT2D eigenvalue weighted by molar-refractivity contribution is -0.141. The summed E-state index contributed by atoms with van der Waals surface area (Å²) in [6, 6.07) is 0.437. The van der Waals surface area contributed by atoms with E-state index in [9.17, 15) is 4.79 Å². The highest BCUT2D eigenvalue weighted by Crippen LogP contribution is 2.26. The summed E-state index contributed by atoms with van der Waals surface area (Å²) in [7, 11) is 0. The first kappa shape index (κ1) is 11.9. The average molecular weight is 224 g/mol. The lowest BCUT2D eigenvalue weighted by Gasteiger charge is -2.41. The van der Waals surface area contributed by atoms with Crippen LogP contribution in [0.5, 0.6) is 0 Å². The van der Waals surface area contributed by atoms with Crippen LogP contribution in [-0.4, -0.2) is 36.5 Å². The van der Waals surface area contributed by atoms with E-state index >= 15 is 0 Å². The zero-order valence-electron chi connectivity index (χ0n) is 10.7. The van der Waals surface area contributed by atoms with Gasteiger partial charge in [-0.3, -0.25) is 4.79 Å². The predicted molar refractivity (Wildman–Crippen MR) is 65.1 cm³/mol. The van der Waals surface area contributed by atoms with E-state index in [1.54, 1.807) is 0 Å². The minimum Gasteiger partial charge on any atom is -0.340 e. The summed E-state index contributed by atoms with van der Waals surface area (Å²) < 4.78 is 0. The summed E-state index contributed by atoms with van der Waals surface area (Å²) in [5, 5.41) is 3.25. The van der Waals surface area contributed by atoms with Gasteiger partial charge < -0.3 is 10.2 Å². The molecule has 1 N–H and O–H groups in total. The van der Waals surface area contributed by atoms with Crippen LogP contribution in [0.15, 0.2) is 0 Å². The standard InChI is InChI=1S/C13H24N2O/c1-9-4-5-15(10(2)6-9)13(16)11(3)12-7-14-8-12/h9-12,14H,4-8H2,1-3H3. The zero-order chi connectivity index (χ0) is 11.7. The molecule has 2 fully saturated rings. The van der Waals surface area contributed by atoms with Crippen LogP contribution in [0.3, 0.4) is 0 Å². The van der Waals surface area contributed by atoms with Crippen molar-refractivity contribution in [3.63, 3.8) is 0 Å². The maximum Gasteiger partial charge on any atom is 0.226 e. The van der Waals surface area contributed by atoms with Crippen LogP contribution in [0.25, 0.3) is 0 Å². The van der Waals surface area contributed by atoms with Crippen molar-refractivity contribution in [2.45, 2.75) is 39.7 Å². The van der Waals surface area contributed by atoms with E-state index in [0.717, 1.165) is 25.6 Å². The normalized spacial score (nSPS) is 33.3. The fraction of sp³-hybridized carbons (Fsp3) is 0.923. The van der Waals surface area contributed by atoms with Gasteiger partial charge in [0.25, 0.3) is 0 Å². The molecule has 0 saturated carbocycles. The lowest BCUT2D eigenvalue weighted by Crippen LogP contribution is -2.53. The monoisotopic (exact) mass is 224 g/mol. The summed E-state index contributed by atoms with van der Waals surface area (Å²) in [6.45, 7) is 9.58. The number of hydrogen-bond donors (Lipinski definition) is 1. The van der Waals surface area contributed by atoms with Crippen molar-refractivity contribution in [2.75, 3.05) is 19.6 Å². The second-order valence-electron chi connectivity index (χ2n) is 5.72. The molecule has 2 aliphatic heterocycles. The Bertz CT molecular complexity index is 263. The molecule has 2 heterocycles. The Balaban J connectivity index is 1.92. The van der Waals surface area contributed by atoms with Gasteiger partial charge in [-0.25, -0.2) is 0 Å². The first-order valence-corrected chi connectivity index (χ1v) is 6.60. The van der Waals surface area contributed by atoms with Crippen molar-refractivity contribution in [2.24, 2.45) is 17.8 Å². The number of hydrogen-bond acceptors (Lipinski definition) is 2. The summed E-state index contributed by atoms with van der Waals surface area (Å²) in [6.07, 6.45) is 2.34. The average Bonchev–Trinajstić information content (AvgIpc) is 2.14. The fourth-order valence-corrected chi connectivity index (χ4v) is 2.86. The lowest BCUT2D eigenvalue weighted by atomic mass is 9.86. The van der Waals surface area contributed by atoms with E-state index < -0.39 is 0 Å². The zero-order valence-corrected chi connectivity index (χ0v) is 10.7. The molecule has 0 aromatic rings.